The number of carbonyl (C=O) groups is 2. The first-order valence-corrected chi connectivity index (χ1v) is 8.57. The van der Waals surface area contributed by atoms with Crippen LogP contribution >= 0.6 is 0 Å². The summed E-state index contributed by atoms with van der Waals surface area (Å²) in [6.45, 7) is 5.18. The summed E-state index contributed by atoms with van der Waals surface area (Å²) in [5, 5.41) is 2.64. The third-order valence-electron chi connectivity index (χ3n) is 5.00. The largest absolute Gasteiger partial charge is 0.487 e. The molecule has 5 nitrogen and oxygen atoms in total. The Morgan fingerprint density at radius 1 is 1.25 bits per heavy atom. The number of hydrogen-bond acceptors (Lipinski definition) is 3. The molecular formula is C19H24N2O3. The van der Waals surface area contributed by atoms with Crippen LogP contribution in [-0.4, -0.2) is 41.9 Å². The van der Waals surface area contributed by atoms with Crippen LogP contribution in [0.5, 0.6) is 5.75 Å². The number of fused-ring (bicyclic) bond motifs is 1. The van der Waals surface area contributed by atoms with Crippen LogP contribution < -0.4 is 10.1 Å². The van der Waals surface area contributed by atoms with Crippen molar-refractivity contribution in [2.75, 3.05) is 19.6 Å². The van der Waals surface area contributed by atoms with E-state index in [-0.39, 0.29) is 17.4 Å². The van der Waals surface area contributed by atoms with Gasteiger partial charge >= 0.3 is 0 Å². The van der Waals surface area contributed by atoms with Gasteiger partial charge in [0.1, 0.15) is 11.4 Å². The Bertz CT molecular complexity index is 633. The van der Waals surface area contributed by atoms with Crippen LogP contribution in [0.2, 0.25) is 0 Å². The molecule has 128 valence electrons. The van der Waals surface area contributed by atoms with E-state index in [4.69, 9.17) is 4.74 Å². The van der Waals surface area contributed by atoms with Gasteiger partial charge in [-0.05, 0) is 30.5 Å². The first-order valence-electron chi connectivity index (χ1n) is 8.57. The number of nitrogens with one attached hydrogen (secondary N) is 1. The van der Waals surface area contributed by atoms with Crippen molar-refractivity contribution in [1.29, 1.82) is 0 Å². The SMILES string of the molecule is C=CC(=O)NCCC(=O)N1CCC2(CCc3ccccc3O2)CC1. The minimum atomic E-state index is -0.241. The van der Waals surface area contributed by atoms with Gasteiger partial charge in [-0.25, -0.2) is 0 Å². The molecule has 0 saturated carbocycles. The van der Waals surface area contributed by atoms with E-state index in [9.17, 15) is 9.59 Å². The Kier molecular flexibility index (Phi) is 4.88. The number of aryl methyl sites for hydroxylation is 1. The molecule has 24 heavy (non-hydrogen) atoms. The predicted molar refractivity (Wildman–Crippen MR) is 91.8 cm³/mol. The fourth-order valence-electron chi connectivity index (χ4n) is 3.50. The zero-order valence-corrected chi connectivity index (χ0v) is 13.9. The van der Waals surface area contributed by atoms with Gasteiger partial charge in [0, 0.05) is 38.9 Å². The third-order valence-corrected chi connectivity index (χ3v) is 5.00. The molecule has 0 aliphatic carbocycles. The summed E-state index contributed by atoms with van der Waals surface area (Å²) in [5.74, 6) is 0.843. The van der Waals surface area contributed by atoms with E-state index < -0.39 is 0 Å². The van der Waals surface area contributed by atoms with E-state index in [0.717, 1.165) is 44.5 Å². The fourth-order valence-corrected chi connectivity index (χ4v) is 3.50. The minimum absolute atomic E-state index is 0.0884. The van der Waals surface area contributed by atoms with E-state index >= 15 is 0 Å². The van der Waals surface area contributed by atoms with Crippen molar-refractivity contribution in [1.82, 2.24) is 10.2 Å². The molecule has 3 rings (SSSR count). The van der Waals surface area contributed by atoms with Crippen LogP contribution in [0.25, 0.3) is 0 Å². The molecule has 0 radical (unpaired) electrons. The maximum absolute atomic E-state index is 12.2. The van der Waals surface area contributed by atoms with Crippen molar-refractivity contribution in [3.05, 3.63) is 42.5 Å². The Balaban J connectivity index is 1.50. The van der Waals surface area contributed by atoms with Crippen LogP contribution in [0.15, 0.2) is 36.9 Å². The van der Waals surface area contributed by atoms with Crippen LogP contribution in [-0.2, 0) is 16.0 Å². The molecular weight excluding hydrogens is 304 g/mol. The van der Waals surface area contributed by atoms with Gasteiger partial charge in [-0.15, -0.1) is 0 Å². The molecule has 0 unspecified atom stereocenters. The van der Waals surface area contributed by atoms with Gasteiger partial charge in [0.2, 0.25) is 11.8 Å². The second-order valence-electron chi connectivity index (χ2n) is 6.52. The smallest absolute Gasteiger partial charge is 0.243 e. The number of hydrogen-bond donors (Lipinski definition) is 1. The van der Waals surface area contributed by atoms with Gasteiger partial charge in [0.15, 0.2) is 0 Å². The molecule has 0 bridgehead atoms. The number of ether oxygens (including phenoxy) is 1. The lowest BCUT2D eigenvalue weighted by molar-refractivity contribution is -0.135. The Morgan fingerprint density at radius 3 is 2.75 bits per heavy atom. The second-order valence-corrected chi connectivity index (χ2v) is 6.52. The number of amides is 2. The molecule has 2 amide bonds. The lowest BCUT2D eigenvalue weighted by atomic mass is 9.83. The van der Waals surface area contributed by atoms with Crippen molar-refractivity contribution < 1.29 is 14.3 Å². The molecule has 5 heteroatoms. The molecule has 1 aromatic rings. The summed E-state index contributed by atoms with van der Waals surface area (Å²) in [7, 11) is 0. The monoisotopic (exact) mass is 328 g/mol. The lowest BCUT2D eigenvalue weighted by Crippen LogP contribution is -2.51. The van der Waals surface area contributed by atoms with Gasteiger partial charge in [-0.2, -0.15) is 0 Å². The average Bonchev–Trinajstić information content (AvgIpc) is 2.62. The Hall–Kier alpha value is -2.30. The van der Waals surface area contributed by atoms with Gasteiger partial charge in [0.05, 0.1) is 0 Å². The maximum atomic E-state index is 12.2. The summed E-state index contributed by atoms with van der Waals surface area (Å²) < 4.78 is 6.31. The maximum Gasteiger partial charge on any atom is 0.243 e. The van der Waals surface area contributed by atoms with E-state index in [1.54, 1.807) is 0 Å². The van der Waals surface area contributed by atoms with Gasteiger partial charge < -0.3 is 15.0 Å². The number of benzene rings is 1. The number of para-hydroxylation sites is 1. The van der Waals surface area contributed by atoms with E-state index in [0.29, 0.717) is 13.0 Å². The first kappa shape index (κ1) is 16.6. The third kappa shape index (κ3) is 3.61. The quantitative estimate of drug-likeness (QED) is 0.861. The standard InChI is InChI=1S/C19H24N2O3/c1-2-17(22)20-12-8-18(23)21-13-10-19(11-14-21)9-7-15-5-3-4-6-16(15)24-19/h2-6H,1,7-14H2,(H,20,22). The zero-order valence-electron chi connectivity index (χ0n) is 13.9. The molecule has 0 aromatic heterocycles. The normalized spacial score (nSPS) is 18.4. The highest BCUT2D eigenvalue weighted by Crippen LogP contribution is 2.39. The number of piperidine rings is 1. The minimum Gasteiger partial charge on any atom is -0.487 e. The van der Waals surface area contributed by atoms with Crippen molar-refractivity contribution >= 4 is 11.8 Å². The molecule has 1 fully saturated rings. The summed E-state index contributed by atoms with van der Waals surface area (Å²) in [6.07, 6.45) is 5.33. The van der Waals surface area contributed by atoms with E-state index in [1.165, 1.54) is 11.6 Å². The van der Waals surface area contributed by atoms with Crippen LogP contribution in [0, 0.1) is 0 Å². The molecule has 0 atom stereocenters. The topological polar surface area (TPSA) is 58.6 Å². The highest BCUT2D eigenvalue weighted by molar-refractivity contribution is 5.87. The molecule has 1 saturated heterocycles. The van der Waals surface area contributed by atoms with Crippen molar-refractivity contribution in [2.24, 2.45) is 0 Å². The van der Waals surface area contributed by atoms with Crippen molar-refractivity contribution in [2.45, 2.75) is 37.7 Å². The molecule has 2 aliphatic heterocycles. The number of carbonyl (C=O) groups excluding carboxylic acids is 2. The summed E-state index contributed by atoms with van der Waals surface area (Å²) in [4.78, 5) is 25.2. The van der Waals surface area contributed by atoms with Gasteiger partial charge in [0.25, 0.3) is 0 Å². The average molecular weight is 328 g/mol. The Labute approximate surface area is 142 Å². The van der Waals surface area contributed by atoms with Crippen LogP contribution in [0.3, 0.4) is 0 Å². The van der Waals surface area contributed by atoms with Crippen LogP contribution in [0.1, 0.15) is 31.2 Å². The summed E-state index contributed by atoms with van der Waals surface area (Å²) in [6, 6.07) is 8.22. The Morgan fingerprint density at radius 2 is 2.00 bits per heavy atom. The molecule has 1 aromatic carbocycles. The second kappa shape index (κ2) is 7.07. The first-order chi connectivity index (χ1) is 11.6. The van der Waals surface area contributed by atoms with E-state index in [1.807, 2.05) is 23.1 Å². The van der Waals surface area contributed by atoms with Crippen molar-refractivity contribution in [3.63, 3.8) is 0 Å². The van der Waals surface area contributed by atoms with E-state index in [2.05, 4.69) is 18.0 Å². The molecule has 1 N–H and O–H groups in total. The zero-order chi connectivity index (χ0) is 17.0. The number of likely N-dealkylation sites (tertiary alicyclic amines) is 1. The molecule has 2 aliphatic rings. The molecule has 1 spiro atoms. The summed E-state index contributed by atoms with van der Waals surface area (Å²) in [5.41, 5.74) is 1.15. The van der Waals surface area contributed by atoms with Gasteiger partial charge in [-0.1, -0.05) is 24.8 Å². The highest BCUT2D eigenvalue weighted by Gasteiger charge is 2.40. The van der Waals surface area contributed by atoms with Crippen LogP contribution in [0.4, 0.5) is 0 Å². The number of rotatable bonds is 4. The molecule has 2 heterocycles. The van der Waals surface area contributed by atoms with Crippen molar-refractivity contribution in [3.8, 4) is 5.75 Å². The lowest BCUT2D eigenvalue weighted by Gasteiger charge is -2.44. The fraction of sp³-hybridized carbons (Fsp3) is 0.474. The number of nitrogens with zero attached hydrogens (tertiary/aromatic N) is 1. The van der Waals surface area contributed by atoms with Gasteiger partial charge in [-0.3, -0.25) is 9.59 Å². The summed E-state index contributed by atoms with van der Waals surface area (Å²) >= 11 is 0. The predicted octanol–water partition coefficient (Wildman–Crippen LogP) is 2.07. The highest BCUT2D eigenvalue weighted by atomic mass is 16.5.